The van der Waals surface area contributed by atoms with Crippen LogP contribution in [-0.4, -0.2) is 21.7 Å². The number of carbonyl (C=O) groups excluding carboxylic acids is 2. The van der Waals surface area contributed by atoms with Gasteiger partial charge in [0.2, 0.25) is 5.95 Å². The molecule has 1 aliphatic rings. The van der Waals surface area contributed by atoms with Crippen LogP contribution in [0.4, 0.5) is 5.95 Å². The zero-order chi connectivity index (χ0) is 18.1. The molecule has 2 heterocycles. The fourth-order valence-electron chi connectivity index (χ4n) is 3.05. The van der Waals surface area contributed by atoms with Gasteiger partial charge in [0.05, 0.1) is 17.5 Å². The molecule has 1 N–H and O–H groups in total. The fourth-order valence-corrected chi connectivity index (χ4v) is 3.17. The van der Waals surface area contributed by atoms with Gasteiger partial charge in [0, 0.05) is 17.6 Å². The van der Waals surface area contributed by atoms with Crippen molar-refractivity contribution in [3.05, 3.63) is 76.5 Å². The van der Waals surface area contributed by atoms with Gasteiger partial charge in [-0.1, -0.05) is 23.7 Å². The minimum Gasteiger partial charge on any atom is -0.459 e. The van der Waals surface area contributed by atoms with Gasteiger partial charge >= 0.3 is 0 Å². The Morgan fingerprint density at radius 1 is 1.19 bits per heavy atom. The van der Waals surface area contributed by atoms with E-state index >= 15 is 0 Å². The number of halogens is 1. The Kier molecular flexibility index (Phi) is 4.26. The SMILES string of the molecule is O=C(Nc1ncc2c(n1)C[C@H](c1ccc(Cl)cc1)CC2=O)c1ccco1. The molecule has 7 heteroatoms. The molecule has 0 saturated carbocycles. The topological polar surface area (TPSA) is 85.1 Å². The van der Waals surface area contributed by atoms with Crippen molar-refractivity contribution in [3.63, 3.8) is 0 Å². The molecule has 1 atom stereocenters. The summed E-state index contributed by atoms with van der Waals surface area (Å²) in [7, 11) is 0. The lowest BCUT2D eigenvalue weighted by molar-refractivity contribution is 0.0962. The summed E-state index contributed by atoms with van der Waals surface area (Å²) in [5.74, 6) is -0.103. The molecule has 2 aromatic heterocycles. The van der Waals surface area contributed by atoms with Crippen LogP contribution in [-0.2, 0) is 6.42 Å². The van der Waals surface area contributed by atoms with Gasteiger partial charge in [0.25, 0.3) is 5.91 Å². The van der Waals surface area contributed by atoms with Crippen molar-refractivity contribution in [1.29, 1.82) is 0 Å². The normalized spacial score (nSPS) is 16.2. The molecule has 0 radical (unpaired) electrons. The van der Waals surface area contributed by atoms with E-state index in [9.17, 15) is 9.59 Å². The molecule has 3 aromatic rings. The molecule has 6 nitrogen and oxygen atoms in total. The van der Waals surface area contributed by atoms with Crippen molar-refractivity contribution in [2.45, 2.75) is 18.8 Å². The molecule has 0 fully saturated rings. The summed E-state index contributed by atoms with van der Waals surface area (Å²) in [4.78, 5) is 33.0. The first-order valence-corrected chi connectivity index (χ1v) is 8.47. The summed E-state index contributed by atoms with van der Waals surface area (Å²) in [6.45, 7) is 0. The minimum absolute atomic E-state index is 0.00453. The quantitative estimate of drug-likeness (QED) is 0.759. The van der Waals surface area contributed by atoms with Crippen molar-refractivity contribution < 1.29 is 14.0 Å². The van der Waals surface area contributed by atoms with E-state index in [1.165, 1.54) is 12.5 Å². The molecule has 1 aliphatic carbocycles. The molecule has 0 spiro atoms. The largest absolute Gasteiger partial charge is 0.459 e. The van der Waals surface area contributed by atoms with Crippen LogP contribution in [0.5, 0.6) is 0 Å². The van der Waals surface area contributed by atoms with Gasteiger partial charge in [-0.2, -0.15) is 0 Å². The van der Waals surface area contributed by atoms with Crippen molar-refractivity contribution >= 4 is 29.2 Å². The Balaban J connectivity index is 1.58. The number of fused-ring (bicyclic) bond motifs is 1. The van der Waals surface area contributed by atoms with Crippen molar-refractivity contribution in [3.8, 4) is 0 Å². The summed E-state index contributed by atoms with van der Waals surface area (Å²) >= 11 is 5.94. The molecular formula is C19H14ClN3O3. The number of ketones is 1. The van der Waals surface area contributed by atoms with E-state index in [4.69, 9.17) is 16.0 Å². The number of carbonyl (C=O) groups is 2. The van der Waals surface area contributed by atoms with Crippen LogP contribution >= 0.6 is 11.6 Å². The van der Waals surface area contributed by atoms with Gasteiger partial charge in [-0.3, -0.25) is 14.9 Å². The van der Waals surface area contributed by atoms with E-state index in [-0.39, 0.29) is 23.4 Å². The second kappa shape index (κ2) is 6.72. The Bertz CT molecular complexity index is 968. The van der Waals surface area contributed by atoms with Crippen LogP contribution in [0.1, 0.15) is 44.5 Å². The van der Waals surface area contributed by atoms with E-state index in [1.54, 1.807) is 12.1 Å². The molecule has 0 aliphatic heterocycles. The third kappa shape index (κ3) is 3.23. The second-order valence-corrected chi connectivity index (χ2v) is 6.50. The zero-order valence-corrected chi connectivity index (χ0v) is 14.4. The average Bonchev–Trinajstić information content (AvgIpc) is 3.17. The number of nitrogens with one attached hydrogen (secondary N) is 1. The maximum atomic E-state index is 12.4. The van der Waals surface area contributed by atoms with E-state index in [0.717, 1.165) is 5.56 Å². The molecular weight excluding hydrogens is 354 g/mol. The summed E-state index contributed by atoms with van der Waals surface area (Å²) in [5, 5.41) is 3.24. The number of anilines is 1. The first kappa shape index (κ1) is 16.5. The second-order valence-electron chi connectivity index (χ2n) is 6.07. The number of rotatable bonds is 3. The molecule has 1 aromatic carbocycles. The van der Waals surface area contributed by atoms with Gasteiger partial charge in [-0.05, 0) is 42.2 Å². The first-order valence-electron chi connectivity index (χ1n) is 8.09. The van der Waals surface area contributed by atoms with Gasteiger partial charge in [-0.15, -0.1) is 0 Å². The van der Waals surface area contributed by atoms with Crippen LogP contribution in [0, 0.1) is 0 Å². The maximum Gasteiger partial charge on any atom is 0.293 e. The van der Waals surface area contributed by atoms with E-state index < -0.39 is 5.91 Å². The highest BCUT2D eigenvalue weighted by molar-refractivity contribution is 6.30. The smallest absolute Gasteiger partial charge is 0.293 e. The van der Waals surface area contributed by atoms with Crippen LogP contribution in [0.2, 0.25) is 5.02 Å². The Labute approximate surface area is 154 Å². The highest BCUT2D eigenvalue weighted by Crippen LogP contribution is 2.32. The van der Waals surface area contributed by atoms with Crippen LogP contribution in [0.3, 0.4) is 0 Å². The molecule has 26 heavy (non-hydrogen) atoms. The van der Waals surface area contributed by atoms with Crippen molar-refractivity contribution in [2.24, 2.45) is 0 Å². The number of nitrogens with zero attached hydrogens (tertiary/aromatic N) is 2. The third-order valence-electron chi connectivity index (χ3n) is 4.35. The molecule has 0 saturated heterocycles. The zero-order valence-electron chi connectivity index (χ0n) is 13.6. The maximum absolute atomic E-state index is 12.4. The van der Waals surface area contributed by atoms with Crippen LogP contribution < -0.4 is 5.32 Å². The van der Waals surface area contributed by atoms with E-state index in [1.807, 2.05) is 24.3 Å². The lowest BCUT2D eigenvalue weighted by Gasteiger charge is -2.23. The summed E-state index contributed by atoms with van der Waals surface area (Å²) < 4.78 is 5.05. The van der Waals surface area contributed by atoms with E-state index in [0.29, 0.717) is 29.1 Å². The number of hydrogen-bond donors (Lipinski definition) is 1. The Hall–Kier alpha value is -2.99. The summed E-state index contributed by atoms with van der Waals surface area (Å²) in [6, 6.07) is 10.6. The highest BCUT2D eigenvalue weighted by Gasteiger charge is 2.28. The fraction of sp³-hybridized carbons (Fsp3) is 0.158. The molecule has 0 bridgehead atoms. The Morgan fingerprint density at radius 3 is 2.73 bits per heavy atom. The summed E-state index contributed by atoms with van der Waals surface area (Å²) in [5.41, 5.74) is 2.17. The third-order valence-corrected chi connectivity index (χ3v) is 4.60. The molecule has 4 rings (SSSR count). The lowest BCUT2D eigenvalue weighted by atomic mass is 9.82. The number of furan rings is 1. The van der Waals surface area contributed by atoms with Crippen molar-refractivity contribution in [1.82, 2.24) is 9.97 Å². The van der Waals surface area contributed by atoms with Gasteiger partial charge < -0.3 is 4.42 Å². The number of hydrogen-bond acceptors (Lipinski definition) is 5. The van der Waals surface area contributed by atoms with Crippen molar-refractivity contribution in [2.75, 3.05) is 5.32 Å². The minimum atomic E-state index is -0.439. The molecule has 1 amide bonds. The van der Waals surface area contributed by atoms with E-state index in [2.05, 4.69) is 15.3 Å². The lowest BCUT2D eigenvalue weighted by Crippen LogP contribution is -2.22. The first-order chi connectivity index (χ1) is 12.6. The van der Waals surface area contributed by atoms with Gasteiger partial charge in [-0.25, -0.2) is 9.97 Å². The van der Waals surface area contributed by atoms with Crippen LogP contribution in [0.25, 0.3) is 0 Å². The number of benzene rings is 1. The summed E-state index contributed by atoms with van der Waals surface area (Å²) in [6.07, 6.45) is 3.88. The number of aromatic nitrogens is 2. The average molecular weight is 368 g/mol. The number of amides is 1. The standard InChI is InChI=1S/C19H14ClN3O3/c20-13-5-3-11(4-6-13)12-8-15-14(16(24)9-12)10-21-19(22-15)23-18(25)17-2-1-7-26-17/h1-7,10,12H,8-9H2,(H,21,22,23,25)/t12-/m0/s1. The van der Waals surface area contributed by atoms with Crippen LogP contribution in [0.15, 0.2) is 53.3 Å². The molecule has 0 unspecified atom stereocenters. The predicted octanol–water partition coefficient (Wildman–Crippen LogP) is 3.89. The Morgan fingerprint density at radius 2 is 2.00 bits per heavy atom. The van der Waals surface area contributed by atoms with Gasteiger partial charge in [0.1, 0.15) is 0 Å². The van der Waals surface area contributed by atoms with Gasteiger partial charge in [0.15, 0.2) is 11.5 Å². The highest BCUT2D eigenvalue weighted by atomic mass is 35.5. The predicted molar refractivity (Wildman–Crippen MR) is 95.5 cm³/mol. The molecule has 130 valence electrons. The number of Topliss-reactive ketones (excluding diaryl/α,β-unsaturated/α-hetero) is 1. The monoisotopic (exact) mass is 367 g/mol.